The number of carbonyl (C=O) groups excluding carboxylic acids is 1. The predicted molar refractivity (Wildman–Crippen MR) is 57.8 cm³/mol. The highest BCUT2D eigenvalue weighted by Gasteiger charge is 2.03. The number of benzene rings is 1. The van der Waals surface area contributed by atoms with Crippen molar-refractivity contribution in [3.63, 3.8) is 0 Å². The summed E-state index contributed by atoms with van der Waals surface area (Å²) in [6.07, 6.45) is 1.80. The summed E-state index contributed by atoms with van der Waals surface area (Å²) >= 11 is 0. The largest absolute Gasteiger partial charge is 0.427 e. The second-order valence-electron chi connectivity index (χ2n) is 3.35. The number of carbonyl (C=O) groups is 1. The Morgan fingerprint density at radius 2 is 2.27 bits per heavy atom. The summed E-state index contributed by atoms with van der Waals surface area (Å²) in [5.74, 6) is 0.345. The molecule has 0 aliphatic rings. The minimum Gasteiger partial charge on any atom is -0.427 e. The molecule has 0 aliphatic carbocycles. The van der Waals surface area contributed by atoms with Crippen LogP contribution >= 0.6 is 0 Å². The summed E-state index contributed by atoms with van der Waals surface area (Å²) in [5.41, 5.74) is 0.972. The van der Waals surface area contributed by atoms with Crippen molar-refractivity contribution in [3.8, 4) is 5.75 Å². The Morgan fingerprint density at radius 3 is 2.93 bits per heavy atom. The van der Waals surface area contributed by atoms with Crippen molar-refractivity contribution in [1.29, 1.82) is 0 Å². The van der Waals surface area contributed by atoms with Gasteiger partial charge in [-0.3, -0.25) is 4.79 Å². The standard InChI is InChI=1S/C12H16O3/c1-2-4-12(14)15-11-6-3-5-10(9-11)7-8-13/h3,5-6,9,13H,2,4,7-8H2,1H3. The van der Waals surface area contributed by atoms with E-state index in [0.717, 1.165) is 12.0 Å². The molecule has 0 saturated heterocycles. The van der Waals surface area contributed by atoms with Crippen LogP contribution in [0.25, 0.3) is 0 Å². The first-order valence-electron chi connectivity index (χ1n) is 5.16. The first-order chi connectivity index (χ1) is 7.26. The molecule has 15 heavy (non-hydrogen) atoms. The van der Waals surface area contributed by atoms with Crippen molar-refractivity contribution >= 4 is 5.97 Å². The van der Waals surface area contributed by atoms with E-state index in [9.17, 15) is 4.79 Å². The molecule has 3 heteroatoms. The quantitative estimate of drug-likeness (QED) is 0.594. The maximum atomic E-state index is 11.2. The molecule has 1 aromatic carbocycles. The molecule has 1 rings (SSSR count). The van der Waals surface area contributed by atoms with Crippen LogP contribution in [0.4, 0.5) is 0 Å². The lowest BCUT2D eigenvalue weighted by Crippen LogP contribution is -2.07. The predicted octanol–water partition coefficient (Wildman–Crippen LogP) is 1.93. The SMILES string of the molecule is CCCC(=O)Oc1cccc(CCO)c1. The Bertz CT molecular complexity index is 320. The minimum absolute atomic E-state index is 0.104. The van der Waals surface area contributed by atoms with Gasteiger partial charge in [-0.1, -0.05) is 19.1 Å². The van der Waals surface area contributed by atoms with E-state index in [1.54, 1.807) is 12.1 Å². The van der Waals surface area contributed by atoms with Crippen LogP contribution in [0.3, 0.4) is 0 Å². The van der Waals surface area contributed by atoms with E-state index >= 15 is 0 Å². The van der Waals surface area contributed by atoms with Gasteiger partial charge in [-0.2, -0.15) is 0 Å². The Labute approximate surface area is 89.7 Å². The highest BCUT2D eigenvalue weighted by molar-refractivity contribution is 5.72. The van der Waals surface area contributed by atoms with Gasteiger partial charge < -0.3 is 9.84 Å². The third-order valence-corrected chi connectivity index (χ3v) is 1.98. The molecule has 0 atom stereocenters. The Hall–Kier alpha value is -1.35. The van der Waals surface area contributed by atoms with Gasteiger partial charge in [0.1, 0.15) is 5.75 Å². The first kappa shape index (κ1) is 11.7. The molecule has 1 aromatic rings. The highest BCUT2D eigenvalue weighted by Crippen LogP contribution is 2.14. The van der Waals surface area contributed by atoms with Crippen molar-refractivity contribution in [3.05, 3.63) is 29.8 Å². The number of hydrogen-bond acceptors (Lipinski definition) is 3. The number of hydrogen-bond donors (Lipinski definition) is 1. The third kappa shape index (κ3) is 4.13. The summed E-state index contributed by atoms with van der Waals surface area (Å²) in [7, 11) is 0. The fourth-order valence-corrected chi connectivity index (χ4v) is 1.28. The number of ether oxygens (including phenoxy) is 1. The van der Waals surface area contributed by atoms with Crippen LogP contribution in [-0.4, -0.2) is 17.7 Å². The fourth-order valence-electron chi connectivity index (χ4n) is 1.28. The topological polar surface area (TPSA) is 46.5 Å². The third-order valence-electron chi connectivity index (χ3n) is 1.98. The number of aliphatic hydroxyl groups excluding tert-OH is 1. The van der Waals surface area contributed by atoms with Gasteiger partial charge in [0.25, 0.3) is 0 Å². The Kier molecular flexibility index (Phi) is 4.84. The van der Waals surface area contributed by atoms with E-state index < -0.39 is 0 Å². The maximum Gasteiger partial charge on any atom is 0.311 e. The number of rotatable bonds is 5. The monoisotopic (exact) mass is 208 g/mol. The van der Waals surface area contributed by atoms with E-state index in [4.69, 9.17) is 9.84 Å². The Balaban J connectivity index is 2.60. The van der Waals surface area contributed by atoms with E-state index in [0.29, 0.717) is 18.6 Å². The molecule has 3 nitrogen and oxygen atoms in total. The van der Waals surface area contributed by atoms with Gasteiger partial charge in [-0.15, -0.1) is 0 Å². The van der Waals surface area contributed by atoms with Crippen LogP contribution in [0.5, 0.6) is 5.75 Å². The van der Waals surface area contributed by atoms with Gasteiger partial charge in [-0.05, 0) is 30.5 Å². The molecule has 0 heterocycles. The molecule has 0 aromatic heterocycles. The molecule has 0 unspecified atom stereocenters. The van der Waals surface area contributed by atoms with Gasteiger partial charge in [0.05, 0.1) is 0 Å². The molecular formula is C12H16O3. The Morgan fingerprint density at radius 1 is 1.47 bits per heavy atom. The van der Waals surface area contributed by atoms with Crippen molar-refractivity contribution in [1.82, 2.24) is 0 Å². The smallest absolute Gasteiger partial charge is 0.311 e. The van der Waals surface area contributed by atoms with Crippen LogP contribution < -0.4 is 4.74 Å². The average Bonchev–Trinajstić information content (AvgIpc) is 2.19. The lowest BCUT2D eigenvalue weighted by atomic mass is 10.1. The summed E-state index contributed by atoms with van der Waals surface area (Å²) < 4.78 is 5.12. The minimum atomic E-state index is -0.210. The van der Waals surface area contributed by atoms with Gasteiger partial charge in [0.15, 0.2) is 0 Å². The molecule has 82 valence electrons. The second kappa shape index (κ2) is 6.19. The lowest BCUT2D eigenvalue weighted by Gasteiger charge is -2.05. The molecule has 1 N–H and O–H groups in total. The summed E-state index contributed by atoms with van der Waals surface area (Å²) in [5, 5.41) is 8.77. The van der Waals surface area contributed by atoms with Crippen LogP contribution in [0, 0.1) is 0 Å². The molecular weight excluding hydrogens is 192 g/mol. The van der Waals surface area contributed by atoms with Crippen LogP contribution in [-0.2, 0) is 11.2 Å². The molecule has 0 radical (unpaired) electrons. The fraction of sp³-hybridized carbons (Fsp3) is 0.417. The lowest BCUT2D eigenvalue weighted by molar-refractivity contribution is -0.134. The molecule has 0 bridgehead atoms. The second-order valence-corrected chi connectivity index (χ2v) is 3.35. The summed E-state index contributed by atoms with van der Waals surface area (Å²) in [4.78, 5) is 11.2. The summed E-state index contributed by atoms with van der Waals surface area (Å²) in [6, 6.07) is 7.24. The first-order valence-corrected chi connectivity index (χ1v) is 5.16. The maximum absolute atomic E-state index is 11.2. The molecule has 0 saturated carbocycles. The van der Waals surface area contributed by atoms with Crippen molar-refractivity contribution in [2.45, 2.75) is 26.2 Å². The van der Waals surface area contributed by atoms with E-state index in [2.05, 4.69) is 0 Å². The van der Waals surface area contributed by atoms with Crippen LogP contribution in [0.15, 0.2) is 24.3 Å². The van der Waals surface area contributed by atoms with Gasteiger partial charge in [0.2, 0.25) is 0 Å². The molecule has 0 spiro atoms. The molecule has 0 fully saturated rings. The van der Waals surface area contributed by atoms with Crippen molar-refractivity contribution < 1.29 is 14.6 Å². The van der Waals surface area contributed by atoms with Gasteiger partial charge in [-0.25, -0.2) is 0 Å². The highest BCUT2D eigenvalue weighted by atomic mass is 16.5. The van der Waals surface area contributed by atoms with Crippen molar-refractivity contribution in [2.75, 3.05) is 6.61 Å². The van der Waals surface area contributed by atoms with Crippen LogP contribution in [0.2, 0.25) is 0 Å². The number of aliphatic hydroxyl groups is 1. The number of esters is 1. The van der Waals surface area contributed by atoms with E-state index in [1.165, 1.54) is 0 Å². The van der Waals surface area contributed by atoms with Crippen molar-refractivity contribution in [2.24, 2.45) is 0 Å². The van der Waals surface area contributed by atoms with Crippen LogP contribution in [0.1, 0.15) is 25.3 Å². The summed E-state index contributed by atoms with van der Waals surface area (Å²) in [6.45, 7) is 2.04. The normalized spacial score (nSPS) is 10.0. The van der Waals surface area contributed by atoms with Gasteiger partial charge in [0, 0.05) is 13.0 Å². The van der Waals surface area contributed by atoms with E-state index in [-0.39, 0.29) is 12.6 Å². The zero-order chi connectivity index (χ0) is 11.1. The zero-order valence-electron chi connectivity index (χ0n) is 8.90. The molecule has 0 amide bonds. The van der Waals surface area contributed by atoms with Gasteiger partial charge >= 0.3 is 5.97 Å². The zero-order valence-corrected chi connectivity index (χ0v) is 8.90. The average molecular weight is 208 g/mol. The van der Waals surface area contributed by atoms with E-state index in [1.807, 2.05) is 19.1 Å². The molecule has 0 aliphatic heterocycles.